The molecule has 22 heavy (non-hydrogen) atoms. The summed E-state index contributed by atoms with van der Waals surface area (Å²) in [4.78, 5) is 17.0. The molecular formula is C17H15ClN2OS. The highest BCUT2D eigenvalue weighted by Gasteiger charge is 2.19. The van der Waals surface area contributed by atoms with Gasteiger partial charge in [-0.25, -0.2) is 0 Å². The summed E-state index contributed by atoms with van der Waals surface area (Å²) in [5.41, 5.74) is 2.17. The van der Waals surface area contributed by atoms with Gasteiger partial charge in [-0.15, -0.1) is 11.3 Å². The maximum Gasteiger partial charge on any atom is 0.263 e. The predicted molar refractivity (Wildman–Crippen MR) is 91.7 cm³/mol. The zero-order valence-electron chi connectivity index (χ0n) is 12.3. The Labute approximate surface area is 138 Å². The molecule has 0 bridgehead atoms. The molecule has 0 aliphatic rings. The predicted octanol–water partition coefficient (Wildman–Crippen LogP) is 4.75. The molecule has 112 valence electrons. The number of carbonyl (C=O) groups excluding carboxylic acids is 1. The van der Waals surface area contributed by atoms with E-state index in [0.29, 0.717) is 9.90 Å². The molecule has 1 atom stereocenters. The number of nitrogens with zero attached hydrogens (tertiary/aromatic N) is 1. The molecule has 0 aliphatic heterocycles. The fourth-order valence-corrected chi connectivity index (χ4v) is 3.83. The third-order valence-corrected chi connectivity index (χ3v) is 5.20. The number of carbonyl (C=O) groups is 1. The van der Waals surface area contributed by atoms with Crippen LogP contribution in [0.1, 0.15) is 33.8 Å². The summed E-state index contributed by atoms with van der Waals surface area (Å²) >= 11 is 7.80. The van der Waals surface area contributed by atoms with Crippen LogP contribution in [0, 0.1) is 6.92 Å². The quantitative estimate of drug-likeness (QED) is 0.753. The van der Waals surface area contributed by atoms with E-state index in [9.17, 15) is 4.79 Å². The lowest BCUT2D eigenvalue weighted by Crippen LogP contribution is -2.26. The second-order valence-electron chi connectivity index (χ2n) is 5.22. The van der Waals surface area contributed by atoms with Crippen LogP contribution in [0.3, 0.4) is 0 Å². The van der Waals surface area contributed by atoms with E-state index in [2.05, 4.69) is 16.4 Å². The summed E-state index contributed by atoms with van der Waals surface area (Å²) in [5, 5.41) is 4.44. The molecule has 2 heterocycles. The normalized spacial score (nSPS) is 12.3. The van der Waals surface area contributed by atoms with Crippen LogP contribution in [0.5, 0.6) is 0 Å². The zero-order valence-corrected chi connectivity index (χ0v) is 13.8. The molecule has 3 aromatic rings. The number of amides is 1. The van der Waals surface area contributed by atoms with Crippen LogP contribution in [0.25, 0.3) is 10.1 Å². The van der Waals surface area contributed by atoms with Crippen molar-refractivity contribution in [2.24, 2.45) is 0 Å². The van der Waals surface area contributed by atoms with Crippen LogP contribution in [0.15, 0.2) is 42.7 Å². The van der Waals surface area contributed by atoms with E-state index in [1.54, 1.807) is 12.4 Å². The Balaban J connectivity index is 1.88. The van der Waals surface area contributed by atoms with Crippen molar-refractivity contribution in [2.45, 2.75) is 19.9 Å². The van der Waals surface area contributed by atoms with Crippen molar-refractivity contribution in [2.75, 3.05) is 0 Å². The Morgan fingerprint density at radius 2 is 2.00 bits per heavy atom. The van der Waals surface area contributed by atoms with Gasteiger partial charge in [0.25, 0.3) is 5.91 Å². The average molecular weight is 331 g/mol. The molecule has 0 unspecified atom stereocenters. The van der Waals surface area contributed by atoms with E-state index in [0.717, 1.165) is 21.2 Å². The molecule has 0 fully saturated rings. The van der Waals surface area contributed by atoms with E-state index in [1.165, 1.54) is 11.3 Å². The number of fused-ring (bicyclic) bond motifs is 1. The summed E-state index contributed by atoms with van der Waals surface area (Å²) in [5.74, 6) is -0.145. The van der Waals surface area contributed by atoms with Gasteiger partial charge in [-0.2, -0.15) is 0 Å². The molecule has 0 saturated heterocycles. The Kier molecular flexibility index (Phi) is 4.14. The molecule has 0 spiro atoms. The fourth-order valence-electron chi connectivity index (χ4n) is 2.32. The van der Waals surface area contributed by atoms with Gasteiger partial charge >= 0.3 is 0 Å². The molecule has 1 aromatic carbocycles. The van der Waals surface area contributed by atoms with Crippen molar-refractivity contribution < 1.29 is 4.79 Å². The largest absolute Gasteiger partial charge is 0.345 e. The second-order valence-corrected chi connectivity index (χ2v) is 6.65. The fraction of sp³-hybridized carbons (Fsp3) is 0.176. The minimum atomic E-state index is -0.145. The summed E-state index contributed by atoms with van der Waals surface area (Å²) < 4.78 is 1.03. The highest BCUT2D eigenvalue weighted by Crippen LogP contribution is 2.36. The second kappa shape index (κ2) is 6.07. The van der Waals surface area contributed by atoms with Crippen molar-refractivity contribution in [1.82, 2.24) is 10.3 Å². The highest BCUT2D eigenvalue weighted by molar-refractivity contribution is 7.21. The van der Waals surface area contributed by atoms with Gasteiger partial charge in [-0.1, -0.05) is 23.7 Å². The monoisotopic (exact) mass is 330 g/mol. The lowest BCUT2D eigenvalue weighted by Gasteiger charge is -2.13. The highest BCUT2D eigenvalue weighted by atomic mass is 35.5. The molecule has 3 nitrogen and oxygen atoms in total. The number of thiophene rings is 1. The molecule has 0 radical (unpaired) electrons. The van der Waals surface area contributed by atoms with Crippen LogP contribution < -0.4 is 5.32 Å². The first-order valence-corrected chi connectivity index (χ1v) is 8.15. The SMILES string of the molecule is Cc1ccc2c(Cl)c(C(=O)N[C@@H](C)c3ccncc3)sc2c1. The van der Waals surface area contributed by atoms with Crippen molar-refractivity contribution in [3.63, 3.8) is 0 Å². The van der Waals surface area contributed by atoms with Crippen LogP contribution in [-0.2, 0) is 0 Å². The number of pyridine rings is 1. The van der Waals surface area contributed by atoms with Gasteiger partial charge in [0.2, 0.25) is 0 Å². The van der Waals surface area contributed by atoms with Gasteiger partial charge in [0.05, 0.1) is 11.1 Å². The average Bonchev–Trinajstić information content (AvgIpc) is 2.84. The van der Waals surface area contributed by atoms with E-state index >= 15 is 0 Å². The number of aromatic nitrogens is 1. The van der Waals surface area contributed by atoms with Gasteiger partial charge < -0.3 is 5.32 Å². The first-order chi connectivity index (χ1) is 10.6. The molecule has 0 saturated carbocycles. The topological polar surface area (TPSA) is 42.0 Å². The van der Waals surface area contributed by atoms with E-state index in [-0.39, 0.29) is 11.9 Å². The third kappa shape index (κ3) is 2.85. The number of hydrogen-bond acceptors (Lipinski definition) is 3. The number of hydrogen-bond donors (Lipinski definition) is 1. The van der Waals surface area contributed by atoms with Crippen molar-refractivity contribution >= 4 is 38.9 Å². The minimum Gasteiger partial charge on any atom is -0.345 e. The molecule has 1 N–H and O–H groups in total. The Morgan fingerprint density at radius 3 is 2.73 bits per heavy atom. The number of rotatable bonds is 3. The van der Waals surface area contributed by atoms with E-state index in [4.69, 9.17) is 11.6 Å². The van der Waals surface area contributed by atoms with Crippen LogP contribution in [0.4, 0.5) is 0 Å². The number of halogens is 1. The Morgan fingerprint density at radius 1 is 1.27 bits per heavy atom. The molecular weight excluding hydrogens is 316 g/mol. The smallest absolute Gasteiger partial charge is 0.263 e. The van der Waals surface area contributed by atoms with Crippen molar-refractivity contribution in [1.29, 1.82) is 0 Å². The third-order valence-electron chi connectivity index (χ3n) is 3.54. The zero-order chi connectivity index (χ0) is 15.7. The van der Waals surface area contributed by atoms with Gasteiger partial charge in [0.1, 0.15) is 4.88 Å². The number of nitrogens with one attached hydrogen (secondary N) is 1. The summed E-state index contributed by atoms with van der Waals surface area (Å²) in [7, 11) is 0. The molecule has 5 heteroatoms. The maximum atomic E-state index is 12.5. The van der Waals surface area contributed by atoms with Gasteiger partial charge in [0, 0.05) is 22.5 Å². The minimum absolute atomic E-state index is 0.0986. The van der Waals surface area contributed by atoms with Crippen molar-refractivity contribution in [3.05, 3.63) is 63.8 Å². The van der Waals surface area contributed by atoms with E-state index < -0.39 is 0 Å². The maximum absolute atomic E-state index is 12.5. The van der Waals surface area contributed by atoms with Crippen molar-refractivity contribution in [3.8, 4) is 0 Å². The summed E-state index contributed by atoms with van der Waals surface area (Å²) in [6, 6.07) is 9.70. The number of aryl methyl sites for hydroxylation is 1. The Hall–Kier alpha value is -1.91. The van der Waals surface area contributed by atoms with Gasteiger partial charge in [0.15, 0.2) is 0 Å². The molecule has 3 rings (SSSR count). The number of benzene rings is 1. The van der Waals surface area contributed by atoms with Crippen LogP contribution in [0.2, 0.25) is 5.02 Å². The molecule has 2 aromatic heterocycles. The van der Waals surface area contributed by atoms with E-state index in [1.807, 2.05) is 38.1 Å². The van der Waals surface area contributed by atoms with Crippen LogP contribution >= 0.6 is 22.9 Å². The summed E-state index contributed by atoms with van der Waals surface area (Å²) in [6.07, 6.45) is 3.43. The first-order valence-electron chi connectivity index (χ1n) is 6.95. The van der Waals surface area contributed by atoms with Crippen LogP contribution in [-0.4, -0.2) is 10.9 Å². The lowest BCUT2D eigenvalue weighted by molar-refractivity contribution is 0.0944. The molecule has 0 aliphatic carbocycles. The van der Waals surface area contributed by atoms with Gasteiger partial charge in [-0.3, -0.25) is 9.78 Å². The van der Waals surface area contributed by atoms with Gasteiger partial charge in [-0.05, 0) is 43.2 Å². The standard InChI is InChI=1S/C17H15ClN2OS/c1-10-3-4-13-14(9-10)22-16(15(13)18)17(21)20-11(2)12-5-7-19-8-6-12/h3-9,11H,1-2H3,(H,20,21)/t11-/m0/s1. The molecule has 1 amide bonds. The first kappa shape index (κ1) is 15.0. The lowest BCUT2D eigenvalue weighted by atomic mass is 10.1. The Bertz CT molecular complexity index is 829. The summed E-state index contributed by atoms with van der Waals surface area (Å²) in [6.45, 7) is 3.97.